The van der Waals surface area contributed by atoms with Gasteiger partial charge in [-0.25, -0.2) is 4.98 Å². The van der Waals surface area contributed by atoms with E-state index in [1.807, 2.05) is 18.3 Å². The van der Waals surface area contributed by atoms with Gasteiger partial charge in [0.05, 0.1) is 5.69 Å². The normalized spacial score (nSPS) is 26.5. The summed E-state index contributed by atoms with van der Waals surface area (Å²) in [5.74, 6) is 2.03. The van der Waals surface area contributed by atoms with Crippen LogP contribution in [0.4, 0.5) is 0 Å². The summed E-state index contributed by atoms with van der Waals surface area (Å²) < 4.78 is 2.19. The van der Waals surface area contributed by atoms with Gasteiger partial charge in [-0.1, -0.05) is 0 Å². The molecule has 3 atom stereocenters. The predicted octanol–water partition coefficient (Wildman–Crippen LogP) is 2.80. The van der Waals surface area contributed by atoms with Crippen LogP contribution in [0.3, 0.4) is 0 Å². The lowest BCUT2D eigenvalue weighted by molar-refractivity contribution is -0.123. The minimum absolute atomic E-state index is 0.184. The molecule has 1 N–H and O–H groups in total. The van der Waals surface area contributed by atoms with Crippen LogP contribution >= 0.6 is 11.3 Å². The van der Waals surface area contributed by atoms with E-state index >= 15 is 0 Å². The number of carbonyl (C=O) groups excluding carboxylic acids is 1. The summed E-state index contributed by atoms with van der Waals surface area (Å²) in [4.78, 5) is 19.7. The number of imidazole rings is 1. The molecule has 116 valence electrons. The molecule has 2 aromatic rings. The van der Waals surface area contributed by atoms with Crippen molar-refractivity contribution in [1.29, 1.82) is 0 Å². The molecule has 0 bridgehead atoms. The zero-order valence-electron chi connectivity index (χ0n) is 13.0. The van der Waals surface area contributed by atoms with E-state index in [1.54, 1.807) is 0 Å². The van der Waals surface area contributed by atoms with Gasteiger partial charge in [0.25, 0.3) is 0 Å². The van der Waals surface area contributed by atoms with Crippen molar-refractivity contribution in [2.45, 2.75) is 51.6 Å². The number of aromatic nitrogens is 2. The maximum atomic E-state index is 12.4. The van der Waals surface area contributed by atoms with Gasteiger partial charge in [0, 0.05) is 46.8 Å². The standard InChI is InChI=1S/C17H21N3OS/c1-10-8-20-9-12(4-6-16(20)18-10)19-17(21)14-7-13(14)15-5-3-11(2)22-15/h3,5,8,12-14H,4,6-7,9H2,1-2H3,(H,19,21)/t12-,13+,14+/m0/s1. The zero-order valence-corrected chi connectivity index (χ0v) is 13.8. The molecule has 2 aliphatic rings. The first kappa shape index (κ1) is 14.0. The molecule has 4 nitrogen and oxygen atoms in total. The van der Waals surface area contributed by atoms with Gasteiger partial charge in [0.1, 0.15) is 5.82 Å². The van der Waals surface area contributed by atoms with Crippen molar-refractivity contribution < 1.29 is 4.79 Å². The number of fused-ring (bicyclic) bond motifs is 1. The molecule has 0 unspecified atom stereocenters. The SMILES string of the molecule is Cc1cn2c(n1)CC[C@H](NC(=O)[C@@H]1C[C@H]1c1ccc(C)s1)C2. The Kier molecular flexibility index (Phi) is 3.33. The van der Waals surface area contributed by atoms with Crippen LogP contribution < -0.4 is 5.32 Å². The fourth-order valence-corrected chi connectivity index (χ4v) is 4.52. The highest BCUT2D eigenvalue weighted by molar-refractivity contribution is 7.12. The number of amides is 1. The van der Waals surface area contributed by atoms with E-state index in [2.05, 4.69) is 40.1 Å². The monoisotopic (exact) mass is 315 g/mol. The summed E-state index contributed by atoms with van der Waals surface area (Å²) >= 11 is 1.83. The van der Waals surface area contributed by atoms with Crippen molar-refractivity contribution in [3.05, 3.63) is 39.6 Å². The summed E-state index contributed by atoms with van der Waals surface area (Å²) in [7, 11) is 0. The molecule has 1 aliphatic heterocycles. The van der Waals surface area contributed by atoms with Crippen LogP contribution in [0.15, 0.2) is 18.3 Å². The highest BCUT2D eigenvalue weighted by Crippen LogP contribution is 2.49. The van der Waals surface area contributed by atoms with E-state index in [0.717, 1.165) is 37.3 Å². The summed E-state index contributed by atoms with van der Waals surface area (Å²) in [6.45, 7) is 5.01. The molecule has 5 heteroatoms. The number of nitrogens with zero attached hydrogens (tertiary/aromatic N) is 2. The lowest BCUT2D eigenvalue weighted by Crippen LogP contribution is -2.41. The number of nitrogens with one attached hydrogen (secondary N) is 1. The summed E-state index contributed by atoms with van der Waals surface area (Å²) in [6.07, 6.45) is 5.05. The highest BCUT2D eigenvalue weighted by atomic mass is 32.1. The van der Waals surface area contributed by atoms with Crippen LogP contribution in [-0.4, -0.2) is 21.5 Å². The molecule has 22 heavy (non-hydrogen) atoms. The van der Waals surface area contributed by atoms with Crippen LogP contribution in [0, 0.1) is 19.8 Å². The van der Waals surface area contributed by atoms with Crippen molar-refractivity contribution in [2.24, 2.45) is 5.92 Å². The van der Waals surface area contributed by atoms with Gasteiger partial charge >= 0.3 is 0 Å². The molecule has 1 amide bonds. The quantitative estimate of drug-likeness (QED) is 0.947. The molecule has 2 aromatic heterocycles. The first-order chi connectivity index (χ1) is 10.6. The largest absolute Gasteiger partial charge is 0.351 e. The second kappa shape index (κ2) is 5.23. The van der Waals surface area contributed by atoms with E-state index in [-0.39, 0.29) is 17.9 Å². The van der Waals surface area contributed by atoms with Crippen LogP contribution in [-0.2, 0) is 17.8 Å². The van der Waals surface area contributed by atoms with E-state index < -0.39 is 0 Å². The summed E-state index contributed by atoms with van der Waals surface area (Å²) in [6, 6.07) is 4.58. The van der Waals surface area contributed by atoms with Crippen molar-refractivity contribution in [3.8, 4) is 0 Å². The first-order valence-corrected chi connectivity index (χ1v) is 8.81. The fraction of sp³-hybridized carbons (Fsp3) is 0.529. The Morgan fingerprint density at radius 2 is 2.27 bits per heavy atom. The van der Waals surface area contributed by atoms with Crippen molar-refractivity contribution in [2.75, 3.05) is 0 Å². The minimum atomic E-state index is 0.184. The molecular formula is C17H21N3OS. The third-order valence-electron chi connectivity index (χ3n) is 4.71. The Hall–Kier alpha value is -1.62. The average Bonchev–Trinajstić information content (AvgIpc) is 3.03. The van der Waals surface area contributed by atoms with Crippen molar-refractivity contribution in [1.82, 2.24) is 14.9 Å². The van der Waals surface area contributed by atoms with E-state index in [1.165, 1.54) is 9.75 Å². The topological polar surface area (TPSA) is 46.9 Å². The van der Waals surface area contributed by atoms with Gasteiger partial charge in [0.15, 0.2) is 0 Å². The zero-order chi connectivity index (χ0) is 15.3. The Morgan fingerprint density at radius 1 is 1.41 bits per heavy atom. The van der Waals surface area contributed by atoms with Crippen LogP contribution in [0.5, 0.6) is 0 Å². The second-order valence-electron chi connectivity index (χ2n) is 6.59. The maximum Gasteiger partial charge on any atom is 0.224 e. The molecule has 4 rings (SSSR count). The van der Waals surface area contributed by atoms with Crippen molar-refractivity contribution in [3.63, 3.8) is 0 Å². The van der Waals surface area contributed by atoms with Crippen LogP contribution in [0.2, 0.25) is 0 Å². The molecule has 1 saturated carbocycles. The Labute approximate surface area is 134 Å². The van der Waals surface area contributed by atoms with E-state index in [0.29, 0.717) is 5.92 Å². The smallest absolute Gasteiger partial charge is 0.224 e. The highest BCUT2D eigenvalue weighted by Gasteiger charge is 2.45. The van der Waals surface area contributed by atoms with Crippen LogP contribution in [0.25, 0.3) is 0 Å². The molecule has 0 spiro atoms. The van der Waals surface area contributed by atoms with Gasteiger partial charge in [-0.2, -0.15) is 0 Å². The summed E-state index contributed by atoms with van der Waals surface area (Å²) in [5.41, 5.74) is 1.07. The minimum Gasteiger partial charge on any atom is -0.351 e. The third-order valence-corrected chi connectivity index (χ3v) is 5.85. The molecule has 3 heterocycles. The second-order valence-corrected chi connectivity index (χ2v) is 7.91. The predicted molar refractivity (Wildman–Crippen MR) is 87.1 cm³/mol. The molecule has 0 aromatic carbocycles. The number of rotatable bonds is 3. The van der Waals surface area contributed by atoms with Gasteiger partial charge < -0.3 is 9.88 Å². The number of hydrogen-bond donors (Lipinski definition) is 1. The summed E-state index contributed by atoms with van der Waals surface area (Å²) in [5, 5.41) is 3.25. The Balaban J connectivity index is 1.36. The lowest BCUT2D eigenvalue weighted by Gasteiger charge is -2.24. The molecule has 1 fully saturated rings. The van der Waals surface area contributed by atoms with E-state index in [9.17, 15) is 4.79 Å². The number of thiophene rings is 1. The molecule has 0 radical (unpaired) electrons. The molecular weight excluding hydrogens is 294 g/mol. The Bertz CT molecular complexity index is 717. The van der Waals surface area contributed by atoms with Crippen LogP contribution in [0.1, 0.15) is 40.0 Å². The first-order valence-electron chi connectivity index (χ1n) is 7.99. The maximum absolute atomic E-state index is 12.4. The third kappa shape index (κ3) is 2.58. The number of aryl methyl sites for hydroxylation is 3. The fourth-order valence-electron chi connectivity index (χ4n) is 3.46. The van der Waals surface area contributed by atoms with Crippen molar-refractivity contribution >= 4 is 17.2 Å². The molecule has 0 saturated heterocycles. The number of carbonyl (C=O) groups is 1. The van der Waals surface area contributed by atoms with Gasteiger partial charge in [-0.3, -0.25) is 4.79 Å². The van der Waals surface area contributed by atoms with Gasteiger partial charge in [-0.05, 0) is 38.8 Å². The Morgan fingerprint density at radius 3 is 3.05 bits per heavy atom. The van der Waals surface area contributed by atoms with Gasteiger partial charge in [0.2, 0.25) is 5.91 Å². The van der Waals surface area contributed by atoms with E-state index in [4.69, 9.17) is 0 Å². The molecule has 1 aliphatic carbocycles. The number of hydrogen-bond acceptors (Lipinski definition) is 3. The van der Waals surface area contributed by atoms with Gasteiger partial charge in [-0.15, -0.1) is 11.3 Å². The lowest BCUT2D eigenvalue weighted by atomic mass is 10.1. The average molecular weight is 315 g/mol.